The highest BCUT2D eigenvalue weighted by atomic mass is 16.5. The topological polar surface area (TPSA) is 78.9 Å². The molecule has 0 spiro atoms. The molecule has 1 aliphatic heterocycles. The second-order valence-corrected chi connectivity index (χ2v) is 6.44. The molecule has 0 aromatic carbocycles. The Hall–Kier alpha value is -1.30. The number of nitrogens with zero attached hydrogens (tertiary/aromatic N) is 1. The molecule has 6 nitrogen and oxygen atoms in total. The molecule has 1 atom stereocenters. The van der Waals surface area contributed by atoms with Gasteiger partial charge < -0.3 is 20.1 Å². The number of ether oxygens (including phenoxy) is 1. The molecule has 2 fully saturated rings. The Morgan fingerprint density at radius 3 is 2.48 bits per heavy atom. The number of carbonyl (C=O) groups is 2. The summed E-state index contributed by atoms with van der Waals surface area (Å²) in [5, 5.41) is 12.0. The van der Waals surface area contributed by atoms with E-state index in [-0.39, 0.29) is 24.1 Å². The van der Waals surface area contributed by atoms with E-state index in [0.717, 1.165) is 12.8 Å². The van der Waals surface area contributed by atoms with Crippen molar-refractivity contribution in [1.29, 1.82) is 0 Å². The number of urea groups is 1. The lowest BCUT2D eigenvalue weighted by atomic mass is 9.86. The first-order valence-corrected chi connectivity index (χ1v) is 7.87. The summed E-state index contributed by atoms with van der Waals surface area (Å²) in [6.07, 6.45) is 2.91. The van der Waals surface area contributed by atoms with E-state index in [9.17, 15) is 9.59 Å². The summed E-state index contributed by atoms with van der Waals surface area (Å²) < 4.78 is 5.66. The van der Waals surface area contributed by atoms with Crippen LogP contribution in [0.25, 0.3) is 0 Å². The first kappa shape index (κ1) is 16.1. The Kier molecular flexibility index (Phi) is 5.45. The highest BCUT2D eigenvalue weighted by molar-refractivity contribution is 5.75. The lowest BCUT2D eigenvalue weighted by molar-refractivity contribution is -0.142. The molecule has 0 aromatic rings. The molecule has 1 unspecified atom stereocenters. The zero-order valence-electron chi connectivity index (χ0n) is 12.9. The molecular formula is C15H26N2O4. The number of nitrogens with one attached hydrogen (secondary N) is 1. The van der Waals surface area contributed by atoms with Gasteiger partial charge in [-0.1, -0.05) is 13.8 Å². The summed E-state index contributed by atoms with van der Waals surface area (Å²) in [6.45, 7) is 6.04. The monoisotopic (exact) mass is 298 g/mol. The van der Waals surface area contributed by atoms with Crippen LogP contribution < -0.4 is 5.32 Å². The first-order chi connectivity index (χ1) is 9.97. The quantitative estimate of drug-likeness (QED) is 0.831. The molecule has 0 radical (unpaired) electrons. The zero-order chi connectivity index (χ0) is 15.4. The van der Waals surface area contributed by atoms with E-state index in [1.165, 1.54) is 0 Å². The van der Waals surface area contributed by atoms with Crippen LogP contribution in [0.4, 0.5) is 4.79 Å². The van der Waals surface area contributed by atoms with Gasteiger partial charge in [0.1, 0.15) is 0 Å². The number of amides is 2. The van der Waals surface area contributed by atoms with Crippen LogP contribution >= 0.6 is 0 Å². The average Bonchev–Trinajstić information content (AvgIpc) is 2.48. The van der Waals surface area contributed by atoms with Crippen LogP contribution in [0.15, 0.2) is 0 Å². The van der Waals surface area contributed by atoms with E-state index in [1.807, 2.05) is 4.90 Å². The minimum absolute atomic E-state index is 0.0391. The molecule has 0 aromatic heterocycles. The Balaban J connectivity index is 1.78. The Bertz CT molecular complexity index is 378. The number of carbonyl (C=O) groups excluding carboxylic acids is 1. The molecule has 2 N–H and O–H groups in total. The van der Waals surface area contributed by atoms with E-state index in [0.29, 0.717) is 38.5 Å². The van der Waals surface area contributed by atoms with Crippen LogP contribution in [0.2, 0.25) is 0 Å². The molecule has 2 rings (SSSR count). The van der Waals surface area contributed by atoms with Gasteiger partial charge in [-0.3, -0.25) is 4.79 Å². The van der Waals surface area contributed by atoms with E-state index in [1.54, 1.807) is 0 Å². The summed E-state index contributed by atoms with van der Waals surface area (Å²) >= 11 is 0. The number of rotatable bonds is 3. The van der Waals surface area contributed by atoms with Crippen molar-refractivity contribution in [2.24, 2.45) is 11.8 Å². The largest absolute Gasteiger partial charge is 0.481 e. The summed E-state index contributed by atoms with van der Waals surface area (Å²) in [6, 6.07) is 0.0659. The van der Waals surface area contributed by atoms with Gasteiger partial charge in [0.25, 0.3) is 0 Å². The minimum Gasteiger partial charge on any atom is -0.481 e. The highest BCUT2D eigenvalue weighted by Gasteiger charge is 2.30. The maximum Gasteiger partial charge on any atom is 0.317 e. The lowest BCUT2D eigenvalue weighted by Crippen LogP contribution is -2.53. The van der Waals surface area contributed by atoms with E-state index in [4.69, 9.17) is 9.84 Å². The fourth-order valence-electron chi connectivity index (χ4n) is 3.01. The predicted octanol–water partition coefficient (Wildman–Crippen LogP) is 1.70. The van der Waals surface area contributed by atoms with Crippen LogP contribution in [0, 0.1) is 11.8 Å². The van der Waals surface area contributed by atoms with Gasteiger partial charge in [0.05, 0.1) is 18.6 Å². The van der Waals surface area contributed by atoms with E-state index < -0.39 is 5.97 Å². The molecule has 120 valence electrons. The van der Waals surface area contributed by atoms with Gasteiger partial charge in [0, 0.05) is 19.1 Å². The molecule has 1 heterocycles. The number of aliphatic carboxylic acids is 1. The summed E-state index contributed by atoms with van der Waals surface area (Å²) in [5.41, 5.74) is 0. The standard InChI is InChI=1S/C15H26N2O4/c1-10(2)13-9-17(7-8-21-13)15(20)16-12-5-3-11(4-6-12)14(18)19/h10-13H,3-9H2,1-2H3,(H,16,20)(H,18,19). The van der Waals surface area contributed by atoms with Crippen molar-refractivity contribution >= 4 is 12.0 Å². The average molecular weight is 298 g/mol. The van der Waals surface area contributed by atoms with Crippen LogP contribution in [-0.4, -0.2) is 53.8 Å². The normalized spacial score (nSPS) is 30.2. The van der Waals surface area contributed by atoms with Crippen molar-refractivity contribution in [3.8, 4) is 0 Å². The van der Waals surface area contributed by atoms with Gasteiger partial charge in [0.15, 0.2) is 0 Å². The van der Waals surface area contributed by atoms with Crippen molar-refractivity contribution in [2.75, 3.05) is 19.7 Å². The first-order valence-electron chi connectivity index (χ1n) is 7.87. The molecular weight excluding hydrogens is 272 g/mol. The van der Waals surface area contributed by atoms with Crippen molar-refractivity contribution in [1.82, 2.24) is 10.2 Å². The second kappa shape index (κ2) is 7.11. The highest BCUT2D eigenvalue weighted by Crippen LogP contribution is 2.24. The third-order valence-corrected chi connectivity index (χ3v) is 4.53. The van der Waals surface area contributed by atoms with Crippen molar-refractivity contribution in [3.05, 3.63) is 0 Å². The Morgan fingerprint density at radius 1 is 1.24 bits per heavy atom. The van der Waals surface area contributed by atoms with E-state index in [2.05, 4.69) is 19.2 Å². The number of morpholine rings is 1. The number of hydrogen-bond acceptors (Lipinski definition) is 3. The van der Waals surface area contributed by atoms with Crippen molar-refractivity contribution in [2.45, 2.75) is 51.7 Å². The number of carboxylic acids is 1. The molecule has 1 saturated carbocycles. The summed E-state index contributed by atoms with van der Waals surface area (Å²) in [5.74, 6) is -0.564. The smallest absolute Gasteiger partial charge is 0.317 e. The van der Waals surface area contributed by atoms with Crippen LogP contribution in [0.5, 0.6) is 0 Å². The third-order valence-electron chi connectivity index (χ3n) is 4.53. The fourth-order valence-corrected chi connectivity index (χ4v) is 3.01. The van der Waals surface area contributed by atoms with Gasteiger partial charge in [-0.25, -0.2) is 4.79 Å². The second-order valence-electron chi connectivity index (χ2n) is 6.44. The molecule has 2 amide bonds. The van der Waals surface area contributed by atoms with Crippen molar-refractivity contribution < 1.29 is 19.4 Å². The molecule has 21 heavy (non-hydrogen) atoms. The summed E-state index contributed by atoms with van der Waals surface area (Å²) in [7, 11) is 0. The van der Waals surface area contributed by atoms with Crippen molar-refractivity contribution in [3.63, 3.8) is 0 Å². The SMILES string of the molecule is CC(C)C1CN(C(=O)NC2CCC(C(=O)O)CC2)CCO1. The van der Waals surface area contributed by atoms with E-state index >= 15 is 0 Å². The Labute approximate surface area is 125 Å². The number of hydrogen-bond donors (Lipinski definition) is 2. The third kappa shape index (κ3) is 4.33. The van der Waals surface area contributed by atoms with Gasteiger partial charge in [-0.15, -0.1) is 0 Å². The molecule has 1 aliphatic carbocycles. The lowest BCUT2D eigenvalue weighted by Gasteiger charge is -2.36. The maximum absolute atomic E-state index is 12.3. The van der Waals surface area contributed by atoms with Crippen LogP contribution in [-0.2, 0) is 9.53 Å². The van der Waals surface area contributed by atoms with Gasteiger partial charge in [-0.2, -0.15) is 0 Å². The Morgan fingerprint density at radius 2 is 1.90 bits per heavy atom. The van der Waals surface area contributed by atoms with Gasteiger partial charge in [-0.05, 0) is 31.6 Å². The zero-order valence-corrected chi connectivity index (χ0v) is 12.9. The maximum atomic E-state index is 12.3. The van der Waals surface area contributed by atoms with Crippen LogP contribution in [0.3, 0.4) is 0 Å². The molecule has 6 heteroatoms. The fraction of sp³-hybridized carbons (Fsp3) is 0.867. The molecule has 0 bridgehead atoms. The minimum atomic E-state index is -0.715. The summed E-state index contributed by atoms with van der Waals surface area (Å²) in [4.78, 5) is 25.0. The molecule has 1 saturated heterocycles. The number of carboxylic acid groups (broad SMARTS) is 1. The van der Waals surface area contributed by atoms with Crippen LogP contribution in [0.1, 0.15) is 39.5 Å². The van der Waals surface area contributed by atoms with Gasteiger partial charge in [0.2, 0.25) is 0 Å². The molecule has 2 aliphatic rings. The predicted molar refractivity (Wildman–Crippen MR) is 78.1 cm³/mol. The van der Waals surface area contributed by atoms with Gasteiger partial charge >= 0.3 is 12.0 Å².